The molecule has 0 amide bonds. The van der Waals surface area contributed by atoms with Gasteiger partial charge >= 0.3 is 0 Å². The molecule has 182 valence electrons. The van der Waals surface area contributed by atoms with Gasteiger partial charge in [-0.3, -0.25) is 0 Å². The standard InChI is InChI=1S/C26H38N2O3S2/c1-23(2)18-30-21(27-23)12-14-25(29-5,15-13-22-28-24(3,4)19-31-22)26(32-16-9-17-33-26)20-10-7-6-8-11-20/h6-8,10-11H,9,12-19H2,1-5H3. The topological polar surface area (TPSA) is 52.4 Å². The van der Waals surface area contributed by atoms with Crippen molar-refractivity contribution in [1.29, 1.82) is 0 Å². The first-order valence-electron chi connectivity index (χ1n) is 12.0. The van der Waals surface area contributed by atoms with Crippen LogP contribution in [0.4, 0.5) is 0 Å². The highest BCUT2D eigenvalue weighted by atomic mass is 32.2. The smallest absolute Gasteiger partial charge is 0.184 e. The molecule has 0 saturated carbocycles. The van der Waals surface area contributed by atoms with E-state index in [1.54, 1.807) is 0 Å². The van der Waals surface area contributed by atoms with Crippen molar-refractivity contribution in [2.24, 2.45) is 9.98 Å². The van der Waals surface area contributed by atoms with E-state index in [9.17, 15) is 0 Å². The molecule has 1 aromatic rings. The van der Waals surface area contributed by atoms with Gasteiger partial charge in [-0.2, -0.15) is 0 Å². The second kappa shape index (κ2) is 9.82. The molecule has 0 radical (unpaired) electrons. The quantitative estimate of drug-likeness (QED) is 0.420. The highest BCUT2D eigenvalue weighted by Crippen LogP contribution is 2.61. The second-order valence-electron chi connectivity index (χ2n) is 10.4. The summed E-state index contributed by atoms with van der Waals surface area (Å²) < 4.78 is 18.3. The number of benzene rings is 1. The number of rotatable bonds is 9. The van der Waals surface area contributed by atoms with Gasteiger partial charge in [-0.25, -0.2) is 9.98 Å². The number of nitrogens with zero attached hydrogens (tertiary/aromatic N) is 2. The number of aliphatic imine (C=N–C) groups is 2. The molecule has 3 aliphatic heterocycles. The summed E-state index contributed by atoms with van der Waals surface area (Å²) in [5.41, 5.74) is 0.621. The van der Waals surface area contributed by atoms with Crippen LogP contribution in [0, 0.1) is 0 Å². The Morgan fingerprint density at radius 2 is 1.39 bits per heavy atom. The Kier molecular flexibility index (Phi) is 7.42. The van der Waals surface area contributed by atoms with E-state index in [2.05, 4.69) is 58.0 Å². The number of methoxy groups -OCH3 is 1. The first-order chi connectivity index (χ1) is 15.7. The van der Waals surface area contributed by atoms with Crippen LogP contribution in [0.25, 0.3) is 0 Å². The molecule has 1 saturated heterocycles. The van der Waals surface area contributed by atoms with Crippen molar-refractivity contribution in [3.05, 3.63) is 35.9 Å². The second-order valence-corrected chi connectivity index (χ2v) is 13.3. The molecule has 4 rings (SSSR count). The van der Waals surface area contributed by atoms with Crippen LogP contribution in [0.15, 0.2) is 40.3 Å². The Hall–Kier alpha value is -1.18. The van der Waals surface area contributed by atoms with Gasteiger partial charge in [0.05, 0.1) is 16.7 Å². The zero-order valence-electron chi connectivity index (χ0n) is 20.7. The summed E-state index contributed by atoms with van der Waals surface area (Å²) in [7, 11) is 1.88. The van der Waals surface area contributed by atoms with Gasteiger partial charge in [0.1, 0.15) is 17.3 Å². The molecule has 33 heavy (non-hydrogen) atoms. The van der Waals surface area contributed by atoms with Crippen LogP contribution in [0.2, 0.25) is 0 Å². The first-order valence-corrected chi connectivity index (χ1v) is 14.0. The molecule has 0 aromatic heterocycles. The van der Waals surface area contributed by atoms with Gasteiger partial charge in [-0.15, -0.1) is 23.5 Å². The maximum Gasteiger partial charge on any atom is 0.184 e. The number of hydrogen-bond acceptors (Lipinski definition) is 7. The molecule has 0 N–H and O–H groups in total. The SMILES string of the molecule is COC(CCC1=NC(C)(C)CO1)(CCC1=NC(C)(C)CO1)C1(c2ccccc2)SCCCS1. The third kappa shape index (κ3) is 5.40. The van der Waals surface area contributed by atoms with E-state index in [-0.39, 0.29) is 15.2 Å². The average Bonchev–Trinajstić information content (AvgIpc) is 3.35. The fraction of sp³-hybridized carbons (Fsp3) is 0.692. The van der Waals surface area contributed by atoms with E-state index >= 15 is 0 Å². The molecule has 1 aromatic carbocycles. The lowest BCUT2D eigenvalue weighted by atomic mass is 9.84. The summed E-state index contributed by atoms with van der Waals surface area (Å²) in [6.45, 7) is 9.79. The van der Waals surface area contributed by atoms with Crippen molar-refractivity contribution >= 4 is 35.3 Å². The normalized spacial score (nSPS) is 23.4. The molecular weight excluding hydrogens is 452 g/mol. The van der Waals surface area contributed by atoms with Crippen LogP contribution in [0.1, 0.15) is 65.4 Å². The summed E-state index contributed by atoms with van der Waals surface area (Å²) in [5, 5.41) is 0. The van der Waals surface area contributed by atoms with E-state index in [0.717, 1.165) is 49.0 Å². The molecule has 0 bridgehead atoms. The van der Waals surface area contributed by atoms with Crippen molar-refractivity contribution in [3.63, 3.8) is 0 Å². The lowest BCUT2D eigenvalue weighted by Crippen LogP contribution is -2.51. The summed E-state index contributed by atoms with van der Waals surface area (Å²) in [6, 6.07) is 10.9. The van der Waals surface area contributed by atoms with Gasteiger partial charge in [0.25, 0.3) is 0 Å². The van der Waals surface area contributed by atoms with Crippen molar-refractivity contribution in [3.8, 4) is 0 Å². The highest BCUT2D eigenvalue weighted by Gasteiger charge is 2.55. The molecule has 0 aliphatic carbocycles. The predicted octanol–water partition coefficient (Wildman–Crippen LogP) is 6.07. The minimum atomic E-state index is -0.415. The Bertz CT molecular complexity index is 839. The minimum absolute atomic E-state index is 0.144. The third-order valence-electron chi connectivity index (χ3n) is 6.57. The van der Waals surface area contributed by atoms with Crippen molar-refractivity contribution in [2.75, 3.05) is 31.8 Å². The molecule has 0 unspecified atom stereocenters. The van der Waals surface area contributed by atoms with E-state index < -0.39 is 5.60 Å². The van der Waals surface area contributed by atoms with Crippen molar-refractivity contribution in [1.82, 2.24) is 0 Å². The fourth-order valence-electron chi connectivity index (χ4n) is 4.87. The van der Waals surface area contributed by atoms with Gasteiger partial charge < -0.3 is 14.2 Å². The fourth-order valence-corrected chi connectivity index (χ4v) is 8.75. The zero-order chi connectivity index (χ0) is 23.6. The van der Waals surface area contributed by atoms with Crippen LogP contribution in [0.3, 0.4) is 0 Å². The summed E-state index contributed by atoms with van der Waals surface area (Å²) in [5.74, 6) is 3.96. The third-order valence-corrected chi connectivity index (χ3v) is 10.3. The predicted molar refractivity (Wildman–Crippen MR) is 141 cm³/mol. The highest BCUT2D eigenvalue weighted by molar-refractivity contribution is 8.18. The molecule has 0 spiro atoms. The van der Waals surface area contributed by atoms with Gasteiger partial charge in [0, 0.05) is 20.0 Å². The van der Waals surface area contributed by atoms with E-state index in [1.165, 1.54) is 12.0 Å². The zero-order valence-corrected chi connectivity index (χ0v) is 22.3. The summed E-state index contributed by atoms with van der Waals surface area (Å²) in [6.07, 6.45) is 4.43. The molecule has 5 nitrogen and oxygen atoms in total. The Morgan fingerprint density at radius 3 is 1.82 bits per heavy atom. The Morgan fingerprint density at radius 1 is 0.879 bits per heavy atom. The number of thioether (sulfide) groups is 2. The van der Waals surface area contributed by atoms with Crippen LogP contribution < -0.4 is 0 Å². The van der Waals surface area contributed by atoms with Crippen molar-refractivity contribution < 1.29 is 14.2 Å². The number of hydrogen-bond donors (Lipinski definition) is 0. The average molecular weight is 491 g/mol. The number of ether oxygens (including phenoxy) is 3. The molecule has 1 fully saturated rings. The van der Waals surface area contributed by atoms with Crippen LogP contribution in [-0.2, 0) is 18.3 Å². The maximum atomic E-state index is 6.60. The van der Waals surface area contributed by atoms with Crippen LogP contribution >= 0.6 is 23.5 Å². The maximum absolute atomic E-state index is 6.60. The van der Waals surface area contributed by atoms with Gasteiger partial charge in [0.15, 0.2) is 11.8 Å². The van der Waals surface area contributed by atoms with Crippen LogP contribution in [-0.4, -0.2) is 60.3 Å². The summed E-state index contributed by atoms with van der Waals surface area (Å²) in [4.78, 5) is 9.66. The minimum Gasteiger partial charge on any atom is -0.478 e. The Labute approximate surface area is 207 Å². The first kappa shape index (κ1) is 24.9. The van der Waals surface area contributed by atoms with Crippen molar-refractivity contribution in [2.45, 2.75) is 80.6 Å². The van der Waals surface area contributed by atoms with Gasteiger partial charge in [-0.1, -0.05) is 30.3 Å². The van der Waals surface area contributed by atoms with E-state index in [1.807, 2.05) is 30.6 Å². The largest absolute Gasteiger partial charge is 0.478 e. The molecule has 7 heteroatoms. The molecular formula is C26H38N2O3S2. The molecule has 3 aliphatic rings. The monoisotopic (exact) mass is 490 g/mol. The summed E-state index contributed by atoms with van der Waals surface area (Å²) >= 11 is 4.07. The lowest BCUT2D eigenvalue weighted by molar-refractivity contribution is -0.0339. The van der Waals surface area contributed by atoms with Gasteiger partial charge in [-0.05, 0) is 64.0 Å². The van der Waals surface area contributed by atoms with Gasteiger partial charge in [0.2, 0.25) is 0 Å². The lowest BCUT2D eigenvalue weighted by Gasteiger charge is -2.51. The Balaban J connectivity index is 1.68. The molecule has 3 heterocycles. The van der Waals surface area contributed by atoms with Crippen LogP contribution in [0.5, 0.6) is 0 Å². The van der Waals surface area contributed by atoms with E-state index in [4.69, 9.17) is 24.2 Å². The molecule has 0 atom stereocenters. The van der Waals surface area contributed by atoms with E-state index in [0.29, 0.717) is 13.2 Å².